The average Bonchev–Trinajstić information content (AvgIpc) is 2.28. The maximum Gasteiger partial charge on any atom is 0.231 e. The number of nitrogens with one attached hydrogen (secondary N) is 2. The van der Waals surface area contributed by atoms with E-state index in [0.29, 0.717) is 5.11 Å². The van der Waals surface area contributed by atoms with Crippen LogP contribution < -0.4 is 10.6 Å². The van der Waals surface area contributed by atoms with Crippen LogP contribution >= 0.6 is 12.2 Å². The van der Waals surface area contributed by atoms with Crippen LogP contribution in [0.2, 0.25) is 0 Å². The summed E-state index contributed by atoms with van der Waals surface area (Å²) in [5, 5.41) is 6.17. The van der Waals surface area contributed by atoms with Crippen LogP contribution in [0.3, 0.4) is 0 Å². The van der Waals surface area contributed by atoms with Gasteiger partial charge in [0, 0.05) is 5.41 Å². The van der Waals surface area contributed by atoms with E-state index in [2.05, 4.69) is 10.6 Å². The quantitative estimate of drug-likeness (QED) is 0.807. The van der Waals surface area contributed by atoms with Crippen molar-refractivity contribution >= 4 is 23.2 Å². The molecule has 0 heterocycles. The van der Waals surface area contributed by atoms with E-state index in [1.807, 2.05) is 58.0 Å². The lowest BCUT2D eigenvalue weighted by atomic mass is 9.96. The Labute approximate surface area is 114 Å². The third-order valence-electron chi connectivity index (χ3n) is 2.56. The predicted molar refractivity (Wildman–Crippen MR) is 78.2 cm³/mol. The van der Waals surface area contributed by atoms with Crippen molar-refractivity contribution in [2.24, 2.45) is 5.41 Å². The normalized spacial score (nSPS) is 12.7. The first-order valence-electron chi connectivity index (χ1n) is 5.97. The molecule has 0 aliphatic rings. The van der Waals surface area contributed by atoms with E-state index in [0.717, 1.165) is 5.56 Å². The van der Waals surface area contributed by atoms with E-state index in [1.54, 1.807) is 0 Å². The largest absolute Gasteiger partial charge is 0.356 e. The lowest BCUT2D eigenvalue weighted by Gasteiger charge is -2.21. The summed E-state index contributed by atoms with van der Waals surface area (Å²) in [6.07, 6.45) is 0. The second kappa shape index (κ2) is 5.96. The number of rotatable bonds is 2. The van der Waals surface area contributed by atoms with Crippen LogP contribution in [-0.4, -0.2) is 11.0 Å². The molecule has 0 fully saturated rings. The third kappa shape index (κ3) is 4.45. The second-order valence-electron chi connectivity index (χ2n) is 5.31. The molecule has 0 radical (unpaired) electrons. The average molecular weight is 264 g/mol. The number of carbonyl (C=O) groups excluding carboxylic acids is 1. The molecule has 2 N–H and O–H groups in total. The first-order valence-corrected chi connectivity index (χ1v) is 6.38. The number of hydrogen-bond donors (Lipinski definition) is 2. The van der Waals surface area contributed by atoms with Crippen LogP contribution in [0.5, 0.6) is 0 Å². The summed E-state index contributed by atoms with van der Waals surface area (Å²) < 4.78 is 0. The highest BCUT2D eigenvalue weighted by Gasteiger charge is 2.22. The van der Waals surface area contributed by atoms with Gasteiger partial charge in [0.15, 0.2) is 5.11 Å². The first-order chi connectivity index (χ1) is 8.30. The Morgan fingerprint density at radius 2 is 1.78 bits per heavy atom. The molecule has 0 bridgehead atoms. The molecule has 1 rings (SSSR count). The highest BCUT2D eigenvalue weighted by atomic mass is 32.1. The molecule has 3 nitrogen and oxygen atoms in total. The SMILES string of the molecule is CC(NC(=S)NC(=O)C(C)(C)C)c1ccccc1. The molecule has 0 aromatic heterocycles. The van der Waals surface area contributed by atoms with Gasteiger partial charge in [-0.1, -0.05) is 51.1 Å². The minimum absolute atomic E-state index is 0.0685. The summed E-state index contributed by atoms with van der Waals surface area (Å²) in [6, 6.07) is 10.0. The molecule has 1 aromatic rings. The maximum absolute atomic E-state index is 11.8. The van der Waals surface area contributed by atoms with Gasteiger partial charge in [-0.25, -0.2) is 0 Å². The number of thiocarbonyl (C=S) groups is 1. The molecule has 0 saturated heterocycles. The van der Waals surface area contributed by atoms with Crippen molar-refractivity contribution in [3.05, 3.63) is 35.9 Å². The second-order valence-corrected chi connectivity index (χ2v) is 5.72. The van der Waals surface area contributed by atoms with E-state index in [9.17, 15) is 4.79 Å². The van der Waals surface area contributed by atoms with Crippen molar-refractivity contribution < 1.29 is 4.79 Å². The Bertz CT molecular complexity index is 423. The van der Waals surface area contributed by atoms with Gasteiger partial charge in [-0.2, -0.15) is 0 Å². The lowest BCUT2D eigenvalue weighted by molar-refractivity contribution is -0.126. The first kappa shape index (κ1) is 14.6. The number of amides is 1. The van der Waals surface area contributed by atoms with Crippen molar-refractivity contribution in [3.8, 4) is 0 Å². The van der Waals surface area contributed by atoms with Crippen molar-refractivity contribution in [1.82, 2.24) is 10.6 Å². The highest BCUT2D eigenvalue weighted by Crippen LogP contribution is 2.13. The summed E-state index contributed by atoms with van der Waals surface area (Å²) in [4.78, 5) is 11.8. The van der Waals surface area contributed by atoms with E-state index < -0.39 is 5.41 Å². The van der Waals surface area contributed by atoms with E-state index in [-0.39, 0.29) is 11.9 Å². The monoisotopic (exact) mass is 264 g/mol. The van der Waals surface area contributed by atoms with Crippen molar-refractivity contribution in [2.75, 3.05) is 0 Å². The zero-order chi connectivity index (χ0) is 13.8. The Balaban J connectivity index is 2.54. The molecule has 1 unspecified atom stereocenters. The van der Waals surface area contributed by atoms with Crippen LogP contribution in [0.4, 0.5) is 0 Å². The summed E-state index contributed by atoms with van der Waals surface area (Å²) >= 11 is 5.13. The van der Waals surface area contributed by atoms with Gasteiger partial charge in [-0.05, 0) is 24.7 Å². The summed E-state index contributed by atoms with van der Waals surface area (Å²) in [7, 11) is 0. The van der Waals surface area contributed by atoms with Gasteiger partial charge in [0.25, 0.3) is 0 Å². The Hall–Kier alpha value is -1.42. The molecule has 18 heavy (non-hydrogen) atoms. The van der Waals surface area contributed by atoms with Gasteiger partial charge in [-0.15, -0.1) is 0 Å². The van der Waals surface area contributed by atoms with Crippen LogP contribution in [0.25, 0.3) is 0 Å². The van der Waals surface area contributed by atoms with Gasteiger partial charge < -0.3 is 10.6 Å². The third-order valence-corrected chi connectivity index (χ3v) is 2.78. The van der Waals surface area contributed by atoms with Gasteiger partial charge >= 0.3 is 0 Å². The van der Waals surface area contributed by atoms with Crippen LogP contribution in [0, 0.1) is 5.41 Å². The van der Waals surface area contributed by atoms with E-state index in [1.165, 1.54) is 0 Å². The molecule has 0 spiro atoms. The zero-order valence-electron chi connectivity index (χ0n) is 11.3. The zero-order valence-corrected chi connectivity index (χ0v) is 12.1. The molecular weight excluding hydrogens is 244 g/mol. The topological polar surface area (TPSA) is 41.1 Å². The fourth-order valence-corrected chi connectivity index (χ4v) is 1.62. The molecule has 0 aliphatic heterocycles. The summed E-state index contributed by atoms with van der Waals surface area (Å²) in [5.41, 5.74) is 0.687. The van der Waals surface area contributed by atoms with Gasteiger partial charge in [0.05, 0.1) is 6.04 Å². The molecular formula is C14H20N2OS. The van der Waals surface area contributed by atoms with E-state index >= 15 is 0 Å². The summed E-state index contributed by atoms with van der Waals surface area (Å²) in [5.74, 6) is -0.0831. The number of hydrogen-bond acceptors (Lipinski definition) is 2. The Morgan fingerprint density at radius 1 is 1.22 bits per heavy atom. The van der Waals surface area contributed by atoms with Crippen LogP contribution in [0.1, 0.15) is 39.3 Å². The maximum atomic E-state index is 11.8. The highest BCUT2D eigenvalue weighted by molar-refractivity contribution is 7.80. The van der Waals surface area contributed by atoms with Gasteiger partial charge in [0.2, 0.25) is 5.91 Å². The molecule has 1 aromatic carbocycles. The predicted octanol–water partition coefficient (Wildman–Crippen LogP) is 2.78. The molecule has 1 amide bonds. The minimum Gasteiger partial charge on any atom is -0.356 e. The lowest BCUT2D eigenvalue weighted by Crippen LogP contribution is -2.45. The Kier molecular flexibility index (Phi) is 4.84. The summed E-state index contributed by atoms with van der Waals surface area (Å²) in [6.45, 7) is 7.56. The Morgan fingerprint density at radius 3 is 2.28 bits per heavy atom. The molecule has 0 saturated carbocycles. The minimum atomic E-state index is -0.443. The molecule has 0 aliphatic carbocycles. The fourth-order valence-electron chi connectivity index (χ4n) is 1.35. The van der Waals surface area contributed by atoms with E-state index in [4.69, 9.17) is 12.2 Å². The number of carbonyl (C=O) groups is 1. The standard InChI is InChI=1S/C14H20N2OS/c1-10(11-8-6-5-7-9-11)15-13(18)16-12(17)14(2,3)4/h5-10H,1-4H3,(H2,15,16,17,18). The van der Waals surface area contributed by atoms with Crippen molar-refractivity contribution in [1.29, 1.82) is 0 Å². The van der Waals surface area contributed by atoms with Gasteiger partial charge in [0.1, 0.15) is 0 Å². The van der Waals surface area contributed by atoms with Crippen molar-refractivity contribution in [2.45, 2.75) is 33.7 Å². The fraction of sp³-hybridized carbons (Fsp3) is 0.429. The number of benzene rings is 1. The molecule has 1 atom stereocenters. The van der Waals surface area contributed by atoms with Crippen LogP contribution in [0.15, 0.2) is 30.3 Å². The molecule has 98 valence electrons. The van der Waals surface area contributed by atoms with Crippen molar-refractivity contribution in [3.63, 3.8) is 0 Å². The van der Waals surface area contributed by atoms with Gasteiger partial charge in [-0.3, -0.25) is 4.79 Å². The molecule has 4 heteroatoms. The smallest absolute Gasteiger partial charge is 0.231 e. The van der Waals surface area contributed by atoms with Crippen LogP contribution in [-0.2, 0) is 4.79 Å².